The Morgan fingerprint density at radius 3 is 2.31 bits per heavy atom. The highest BCUT2D eigenvalue weighted by atomic mass is 79.9. The molecule has 170 valence electrons. The van der Waals surface area contributed by atoms with Gasteiger partial charge in [0.05, 0.1) is 28.3 Å². The first-order valence-electron chi connectivity index (χ1n) is 12.1. The Morgan fingerprint density at radius 2 is 1.39 bits per heavy atom. The Hall–Kier alpha value is -4.15. The molecule has 0 radical (unpaired) electrons. The van der Waals surface area contributed by atoms with Crippen molar-refractivity contribution in [2.45, 2.75) is 5.92 Å². The van der Waals surface area contributed by atoms with E-state index in [9.17, 15) is 0 Å². The van der Waals surface area contributed by atoms with Crippen LogP contribution in [0.5, 0.6) is 0 Å². The molecule has 0 amide bonds. The van der Waals surface area contributed by atoms with E-state index in [0.717, 1.165) is 27.4 Å². The molecule has 6 aromatic rings. The van der Waals surface area contributed by atoms with Crippen LogP contribution in [-0.2, 0) is 0 Å². The molecule has 36 heavy (non-hydrogen) atoms. The van der Waals surface area contributed by atoms with Gasteiger partial charge < -0.3 is 4.57 Å². The fraction of sp³-hybridized carbons (Fsp3) is 0.0312. The molecule has 0 N–H and O–H groups in total. The normalized spacial score (nSPS) is 15.8. The first kappa shape index (κ1) is 20.1. The lowest BCUT2D eigenvalue weighted by Gasteiger charge is -2.21. The third-order valence-electron chi connectivity index (χ3n) is 7.44. The molecule has 3 heterocycles. The zero-order valence-electron chi connectivity index (χ0n) is 19.3. The number of para-hydroxylation sites is 3. The van der Waals surface area contributed by atoms with Crippen LogP contribution in [0.3, 0.4) is 0 Å². The predicted molar refractivity (Wildman–Crippen MR) is 152 cm³/mol. The molecule has 1 unspecified atom stereocenters. The number of anilines is 2. The van der Waals surface area contributed by atoms with E-state index in [2.05, 4.69) is 141 Å². The highest BCUT2D eigenvalue weighted by molar-refractivity contribution is 9.10. The summed E-state index contributed by atoms with van der Waals surface area (Å²) >= 11 is 3.65. The standard InChI is InChI=1S/C32H20BrN3/c33-20-8-7-9-21(18-20)35-28-14-5-2-10-23(28)26-19-22(16-17-30(26)35)36-29-15-6-3-12-25(29)31-24-11-1-4-13-27(24)34-32(31)36/h1-19,31H. The fourth-order valence-electron chi connectivity index (χ4n) is 5.97. The summed E-state index contributed by atoms with van der Waals surface area (Å²) in [5, 5.41) is 2.48. The van der Waals surface area contributed by atoms with Crippen molar-refractivity contribution in [1.29, 1.82) is 0 Å². The maximum absolute atomic E-state index is 5.12. The van der Waals surface area contributed by atoms with Crippen LogP contribution in [0.1, 0.15) is 17.0 Å². The van der Waals surface area contributed by atoms with Crippen LogP contribution in [0, 0.1) is 0 Å². The van der Waals surface area contributed by atoms with Gasteiger partial charge in [0.25, 0.3) is 0 Å². The number of fused-ring (bicyclic) bond motifs is 8. The Balaban J connectivity index is 1.37. The quantitative estimate of drug-likeness (QED) is 0.221. The summed E-state index contributed by atoms with van der Waals surface area (Å²) in [7, 11) is 0. The van der Waals surface area contributed by atoms with Gasteiger partial charge in [0.1, 0.15) is 5.84 Å². The number of hydrogen-bond donors (Lipinski definition) is 0. The molecule has 2 aliphatic heterocycles. The van der Waals surface area contributed by atoms with Gasteiger partial charge in [-0.25, -0.2) is 4.99 Å². The number of nitrogens with zero attached hydrogens (tertiary/aromatic N) is 3. The van der Waals surface area contributed by atoms with Crippen LogP contribution < -0.4 is 4.90 Å². The number of halogens is 1. The molecule has 0 saturated carbocycles. The fourth-order valence-corrected chi connectivity index (χ4v) is 6.36. The molecule has 1 atom stereocenters. The maximum Gasteiger partial charge on any atom is 0.126 e. The SMILES string of the molecule is Brc1cccc(-n2c3ccccc3c3cc(N4C5=Nc6ccccc6C5c5ccccc54)ccc32)c1. The smallest absolute Gasteiger partial charge is 0.126 e. The van der Waals surface area contributed by atoms with Crippen molar-refractivity contribution in [3.63, 3.8) is 0 Å². The average Bonchev–Trinajstić information content (AvgIpc) is 3.55. The molecule has 0 fully saturated rings. The first-order valence-corrected chi connectivity index (χ1v) is 12.9. The number of hydrogen-bond acceptors (Lipinski definition) is 2. The topological polar surface area (TPSA) is 20.5 Å². The number of benzene rings is 5. The molecule has 0 spiro atoms. The van der Waals surface area contributed by atoms with E-state index in [1.807, 2.05) is 0 Å². The van der Waals surface area contributed by atoms with Gasteiger partial charge in [-0.05, 0) is 65.7 Å². The lowest BCUT2D eigenvalue weighted by Crippen LogP contribution is -2.22. The summed E-state index contributed by atoms with van der Waals surface area (Å²) in [6, 6.07) is 41.2. The minimum Gasteiger partial charge on any atom is -0.309 e. The van der Waals surface area contributed by atoms with Crippen LogP contribution >= 0.6 is 15.9 Å². The molecule has 0 saturated heterocycles. The Labute approximate surface area is 217 Å². The molecular weight excluding hydrogens is 506 g/mol. The Kier molecular flexibility index (Phi) is 4.14. The van der Waals surface area contributed by atoms with Crippen molar-refractivity contribution in [3.05, 3.63) is 131 Å². The van der Waals surface area contributed by atoms with Crippen molar-refractivity contribution in [2.24, 2.45) is 4.99 Å². The van der Waals surface area contributed by atoms with Crippen molar-refractivity contribution in [2.75, 3.05) is 4.90 Å². The van der Waals surface area contributed by atoms with Crippen molar-refractivity contribution in [3.8, 4) is 5.69 Å². The van der Waals surface area contributed by atoms with Crippen molar-refractivity contribution < 1.29 is 0 Å². The zero-order chi connectivity index (χ0) is 23.8. The van der Waals surface area contributed by atoms with E-state index < -0.39 is 0 Å². The van der Waals surface area contributed by atoms with E-state index in [1.165, 1.54) is 38.6 Å². The second-order valence-electron chi connectivity index (χ2n) is 9.39. The molecule has 5 aromatic carbocycles. The molecule has 1 aromatic heterocycles. The van der Waals surface area contributed by atoms with Crippen molar-refractivity contribution in [1.82, 2.24) is 4.57 Å². The minimum atomic E-state index is 0.177. The van der Waals surface area contributed by atoms with Gasteiger partial charge in [-0.1, -0.05) is 76.6 Å². The molecule has 2 aliphatic rings. The Morgan fingerprint density at radius 1 is 0.611 bits per heavy atom. The summed E-state index contributed by atoms with van der Waals surface area (Å²) in [6.45, 7) is 0. The molecule has 3 nitrogen and oxygen atoms in total. The minimum absolute atomic E-state index is 0.177. The molecular formula is C32H20BrN3. The Bertz CT molecular complexity index is 1880. The predicted octanol–water partition coefficient (Wildman–Crippen LogP) is 8.87. The summed E-state index contributed by atoms with van der Waals surface area (Å²) in [4.78, 5) is 7.48. The highest BCUT2D eigenvalue weighted by Gasteiger charge is 2.41. The van der Waals surface area contributed by atoms with Gasteiger partial charge in [-0.15, -0.1) is 0 Å². The number of amidine groups is 1. The molecule has 0 bridgehead atoms. The lowest BCUT2D eigenvalue weighted by molar-refractivity contribution is 1.15. The first-order chi connectivity index (χ1) is 17.8. The summed E-state index contributed by atoms with van der Waals surface area (Å²) in [5.74, 6) is 1.27. The van der Waals surface area contributed by atoms with E-state index in [1.54, 1.807) is 0 Å². The van der Waals surface area contributed by atoms with Crippen LogP contribution in [0.4, 0.5) is 17.1 Å². The zero-order valence-corrected chi connectivity index (χ0v) is 20.9. The van der Waals surface area contributed by atoms with E-state index in [4.69, 9.17) is 4.99 Å². The highest BCUT2D eigenvalue weighted by Crippen LogP contribution is 2.52. The van der Waals surface area contributed by atoms with Gasteiger partial charge in [0.2, 0.25) is 0 Å². The van der Waals surface area contributed by atoms with Gasteiger partial charge >= 0.3 is 0 Å². The second-order valence-corrected chi connectivity index (χ2v) is 10.3. The van der Waals surface area contributed by atoms with Gasteiger partial charge in [0, 0.05) is 26.6 Å². The largest absolute Gasteiger partial charge is 0.309 e. The maximum atomic E-state index is 5.12. The van der Waals surface area contributed by atoms with Crippen LogP contribution in [0.25, 0.3) is 27.5 Å². The lowest BCUT2D eigenvalue weighted by atomic mass is 9.93. The molecule has 0 aliphatic carbocycles. The number of aromatic nitrogens is 1. The van der Waals surface area contributed by atoms with Gasteiger partial charge in [0.15, 0.2) is 0 Å². The summed E-state index contributed by atoms with van der Waals surface area (Å²) in [5.41, 5.74) is 9.57. The van der Waals surface area contributed by atoms with E-state index in [0.29, 0.717) is 0 Å². The second kappa shape index (κ2) is 7.42. The molecule has 4 heteroatoms. The third-order valence-corrected chi connectivity index (χ3v) is 7.93. The van der Waals surface area contributed by atoms with Crippen molar-refractivity contribution >= 4 is 60.6 Å². The average molecular weight is 526 g/mol. The summed E-state index contributed by atoms with van der Waals surface area (Å²) in [6.07, 6.45) is 0. The number of rotatable bonds is 2. The van der Waals surface area contributed by atoms with Gasteiger partial charge in [-0.3, -0.25) is 4.90 Å². The molecule has 8 rings (SSSR count). The van der Waals surface area contributed by atoms with E-state index in [-0.39, 0.29) is 5.92 Å². The van der Waals surface area contributed by atoms with E-state index >= 15 is 0 Å². The van der Waals surface area contributed by atoms with Crippen LogP contribution in [-0.4, -0.2) is 10.4 Å². The number of aliphatic imine (C=N–C) groups is 1. The third kappa shape index (κ3) is 2.70. The van der Waals surface area contributed by atoms with Gasteiger partial charge in [-0.2, -0.15) is 0 Å². The van der Waals surface area contributed by atoms with Crippen LogP contribution in [0.15, 0.2) is 125 Å². The monoisotopic (exact) mass is 525 g/mol. The summed E-state index contributed by atoms with van der Waals surface area (Å²) < 4.78 is 3.42. The van der Waals surface area contributed by atoms with Crippen LogP contribution in [0.2, 0.25) is 0 Å².